The Labute approximate surface area is 121 Å². The fourth-order valence-electron chi connectivity index (χ4n) is 2.23. The first-order valence-electron chi connectivity index (χ1n) is 6.64. The Balaban J connectivity index is 1.96. The molecule has 0 aromatic carbocycles. The van der Waals surface area contributed by atoms with Gasteiger partial charge in [0.15, 0.2) is 0 Å². The topological polar surface area (TPSA) is 74.8 Å². The molecule has 0 fully saturated rings. The maximum absolute atomic E-state index is 12.0. The summed E-state index contributed by atoms with van der Waals surface area (Å²) >= 11 is 0. The van der Waals surface area contributed by atoms with Crippen LogP contribution in [0.3, 0.4) is 0 Å². The van der Waals surface area contributed by atoms with Gasteiger partial charge in [-0.3, -0.25) is 14.3 Å². The summed E-state index contributed by atoms with van der Waals surface area (Å²) in [5.74, 6) is -0.362. The van der Waals surface area contributed by atoms with Crippen LogP contribution in [0.5, 0.6) is 0 Å². The van der Waals surface area contributed by atoms with Gasteiger partial charge in [0.2, 0.25) is 0 Å². The molecule has 108 valence electrons. The second-order valence-electron chi connectivity index (χ2n) is 4.62. The van der Waals surface area contributed by atoms with E-state index in [-0.39, 0.29) is 5.97 Å². The van der Waals surface area contributed by atoms with Crippen molar-refractivity contribution >= 4 is 16.9 Å². The number of rotatable bonds is 4. The second kappa shape index (κ2) is 5.35. The van der Waals surface area contributed by atoms with Crippen molar-refractivity contribution in [2.75, 3.05) is 6.61 Å². The maximum Gasteiger partial charge on any atom is 0.341 e. The first-order chi connectivity index (χ1) is 10.2. The van der Waals surface area contributed by atoms with Gasteiger partial charge in [0, 0.05) is 31.0 Å². The van der Waals surface area contributed by atoms with Gasteiger partial charge in [-0.05, 0) is 13.0 Å². The summed E-state index contributed by atoms with van der Waals surface area (Å²) in [6.45, 7) is 2.52. The van der Waals surface area contributed by atoms with E-state index in [2.05, 4.69) is 15.2 Å². The van der Waals surface area contributed by atoms with Crippen LogP contribution >= 0.6 is 0 Å². The zero-order valence-corrected chi connectivity index (χ0v) is 11.9. The van der Waals surface area contributed by atoms with Crippen LogP contribution in [0.15, 0.2) is 30.9 Å². The van der Waals surface area contributed by atoms with Crippen LogP contribution in [0.1, 0.15) is 23.0 Å². The van der Waals surface area contributed by atoms with Crippen LogP contribution in [-0.4, -0.2) is 37.1 Å². The van der Waals surface area contributed by atoms with Crippen molar-refractivity contribution in [1.29, 1.82) is 0 Å². The van der Waals surface area contributed by atoms with E-state index in [0.29, 0.717) is 24.4 Å². The number of esters is 1. The molecule has 3 aromatic heterocycles. The highest BCUT2D eigenvalue weighted by atomic mass is 16.5. The van der Waals surface area contributed by atoms with Gasteiger partial charge >= 0.3 is 5.97 Å². The molecule has 0 unspecified atom stereocenters. The number of aromatic nitrogens is 5. The molecule has 7 nitrogen and oxygen atoms in total. The van der Waals surface area contributed by atoms with Crippen molar-refractivity contribution in [2.24, 2.45) is 7.05 Å². The van der Waals surface area contributed by atoms with E-state index >= 15 is 0 Å². The minimum absolute atomic E-state index is 0.337. The summed E-state index contributed by atoms with van der Waals surface area (Å²) in [5, 5.41) is 9.61. The number of fused-ring (bicyclic) bond motifs is 1. The zero-order chi connectivity index (χ0) is 14.8. The lowest BCUT2D eigenvalue weighted by atomic mass is 10.2. The monoisotopic (exact) mass is 285 g/mol. The highest BCUT2D eigenvalue weighted by Crippen LogP contribution is 2.15. The Hall–Kier alpha value is -2.70. The first kappa shape index (κ1) is 13.3. The molecule has 0 aliphatic heterocycles. The van der Waals surface area contributed by atoms with E-state index in [9.17, 15) is 4.79 Å². The zero-order valence-electron chi connectivity index (χ0n) is 11.9. The molecule has 0 atom stereocenters. The predicted molar refractivity (Wildman–Crippen MR) is 75.8 cm³/mol. The van der Waals surface area contributed by atoms with Crippen molar-refractivity contribution in [3.63, 3.8) is 0 Å². The smallest absolute Gasteiger partial charge is 0.341 e. The first-order valence-corrected chi connectivity index (χ1v) is 6.64. The number of hydrogen-bond acceptors (Lipinski definition) is 5. The number of hydrogen-bond donors (Lipinski definition) is 0. The van der Waals surface area contributed by atoms with Gasteiger partial charge in [-0.15, -0.1) is 0 Å². The molecule has 0 saturated heterocycles. The molecule has 0 spiro atoms. The largest absolute Gasteiger partial charge is 0.462 e. The molecule has 0 saturated carbocycles. The number of carbonyl (C=O) groups excluding carboxylic acids is 1. The van der Waals surface area contributed by atoms with Gasteiger partial charge in [-0.25, -0.2) is 4.79 Å². The molecule has 0 aliphatic carbocycles. The molecule has 3 aromatic rings. The number of pyridine rings is 1. The summed E-state index contributed by atoms with van der Waals surface area (Å²) < 4.78 is 8.46. The summed E-state index contributed by atoms with van der Waals surface area (Å²) in [6, 6.07) is 1.88. The van der Waals surface area contributed by atoms with Crippen molar-refractivity contribution in [3.8, 4) is 0 Å². The molecule has 7 heteroatoms. The summed E-state index contributed by atoms with van der Waals surface area (Å²) in [4.78, 5) is 16.0. The lowest BCUT2D eigenvalue weighted by Crippen LogP contribution is -2.10. The standard InChI is InChI=1S/C14H15N5O2/c1-3-21-14(20)11-8-18(2)17-12(11)9-19-13-4-5-15-6-10(13)7-16-19/h4-8H,3,9H2,1-2H3. The van der Waals surface area contributed by atoms with E-state index in [1.54, 1.807) is 48.1 Å². The van der Waals surface area contributed by atoms with Gasteiger partial charge in [-0.2, -0.15) is 10.2 Å². The Bertz CT molecular complexity index is 790. The quantitative estimate of drug-likeness (QED) is 0.677. The third-order valence-electron chi connectivity index (χ3n) is 3.14. The molecule has 3 heterocycles. The summed E-state index contributed by atoms with van der Waals surface area (Å²) in [7, 11) is 1.78. The van der Waals surface area contributed by atoms with E-state index in [1.165, 1.54) is 0 Å². The molecule has 0 aliphatic rings. The average molecular weight is 285 g/mol. The molecule has 0 bridgehead atoms. The van der Waals surface area contributed by atoms with Crippen molar-refractivity contribution < 1.29 is 9.53 Å². The SMILES string of the molecule is CCOC(=O)c1cn(C)nc1Cn1ncc2cnccc21. The van der Waals surface area contributed by atoms with E-state index in [4.69, 9.17) is 4.74 Å². The molecule has 0 N–H and O–H groups in total. The van der Waals surface area contributed by atoms with Crippen LogP contribution in [-0.2, 0) is 18.3 Å². The number of aryl methyl sites for hydroxylation is 1. The van der Waals surface area contributed by atoms with E-state index < -0.39 is 0 Å². The molecule has 0 amide bonds. The van der Waals surface area contributed by atoms with Crippen LogP contribution in [0.2, 0.25) is 0 Å². The molecule has 3 rings (SSSR count). The van der Waals surface area contributed by atoms with Crippen LogP contribution < -0.4 is 0 Å². The Kier molecular flexibility index (Phi) is 3.39. The fourth-order valence-corrected chi connectivity index (χ4v) is 2.23. The van der Waals surface area contributed by atoms with E-state index in [0.717, 1.165) is 10.9 Å². The molecule has 21 heavy (non-hydrogen) atoms. The van der Waals surface area contributed by atoms with Crippen molar-refractivity contribution in [1.82, 2.24) is 24.5 Å². The normalized spacial score (nSPS) is 11.0. The highest BCUT2D eigenvalue weighted by Gasteiger charge is 2.17. The van der Waals surface area contributed by atoms with Gasteiger partial charge in [0.1, 0.15) is 5.56 Å². The molecular formula is C14H15N5O2. The van der Waals surface area contributed by atoms with Crippen LogP contribution in [0.25, 0.3) is 10.9 Å². The maximum atomic E-state index is 12.0. The third kappa shape index (κ3) is 2.49. The Morgan fingerprint density at radius 3 is 3.05 bits per heavy atom. The lowest BCUT2D eigenvalue weighted by molar-refractivity contribution is 0.0525. The fraction of sp³-hybridized carbons (Fsp3) is 0.286. The summed E-state index contributed by atoms with van der Waals surface area (Å²) in [5.41, 5.74) is 2.06. The van der Waals surface area contributed by atoms with Crippen LogP contribution in [0.4, 0.5) is 0 Å². The minimum atomic E-state index is -0.362. The Morgan fingerprint density at radius 1 is 1.38 bits per heavy atom. The highest BCUT2D eigenvalue weighted by molar-refractivity contribution is 5.90. The van der Waals surface area contributed by atoms with Gasteiger partial charge in [0.05, 0.1) is 30.6 Å². The second-order valence-corrected chi connectivity index (χ2v) is 4.62. The number of ether oxygens (including phenoxy) is 1. The number of carbonyl (C=O) groups is 1. The molecule has 0 radical (unpaired) electrons. The minimum Gasteiger partial charge on any atom is -0.462 e. The number of nitrogens with zero attached hydrogens (tertiary/aromatic N) is 5. The van der Waals surface area contributed by atoms with Crippen molar-refractivity contribution in [3.05, 3.63) is 42.1 Å². The van der Waals surface area contributed by atoms with Gasteiger partial charge in [-0.1, -0.05) is 0 Å². The lowest BCUT2D eigenvalue weighted by Gasteiger charge is -2.04. The average Bonchev–Trinajstić information content (AvgIpc) is 3.04. The Morgan fingerprint density at radius 2 is 2.24 bits per heavy atom. The van der Waals surface area contributed by atoms with Crippen LogP contribution in [0, 0.1) is 0 Å². The van der Waals surface area contributed by atoms with Gasteiger partial charge < -0.3 is 4.74 Å². The van der Waals surface area contributed by atoms with E-state index in [1.807, 2.05) is 6.07 Å². The van der Waals surface area contributed by atoms with Crippen molar-refractivity contribution in [2.45, 2.75) is 13.5 Å². The van der Waals surface area contributed by atoms with Gasteiger partial charge in [0.25, 0.3) is 0 Å². The summed E-state index contributed by atoms with van der Waals surface area (Å²) in [6.07, 6.45) is 6.88. The molecular weight excluding hydrogens is 270 g/mol. The third-order valence-corrected chi connectivity index (χ3v) is 3.14. The predicted octanol–water partition coefficient (Wildman–Crippen LogP) is 1.39.